The molecule has 1 saturated heterocycles. The molecule has 2 heterocycles. The second kappa shape index (κ2) is 9.97. The number of piperidine rings is 1. The molecule has 1 fully saturated rings. The number of aryl methyl sites for hydroxylation is 1. The van der Waals surface area contributed by atoms with Crippen LogP contribution >= 0.6 is 0 Å². The number of nitrogens with zero attached hydrogens (tertiary/aromatic N) is 2. The van der Waals surface area contributed by atoms with Gasteiger partial charge in [0.15, 0.2) is 0 Å². The summed E-state index contributed by atoms with van der Waals surface area (Å²) in [4.78, 5) is 17.9. The van der Waals surface area contributed by atoms with Crippen molar-refractivity contribution in [2.45, 2.75) is 38.8 Å². The topological polar surface area (TPSA) is 90.4 Å². The van der Waals surface area contributed by atoms with Gasteiger partial charge in [-0.15, -0.1) is 0 Å². The van der Waals surface area contributed by atoms with E-state index in [-0.39, 0.29) is 18.6 Å². The van der Waals surface area contributed by atoms with E-state index in [4.69, 9.17) is 14.7 Å². The Balaban J connectivity index is 1.72. The zero-order chi connectivity index (χ0) is 23.4. The van der Waals surface area contributed by atoms with Crippen LogP contribution in [-0.2, 0) is 11.3 Å². The molecule has 1 aliphatic heterocycles. The minimum Gasteiger partial charge on any atom is -0.496 e. The number of anilines is 1. The molecule has 172 valence electrons. The van der Waals surface area contributed by atoms with E-state index in [9.17, 15) is 4.79 Å². The van der Waals surface area contributed by atoms with Crippen LogP contribution in [-0.4, -0.2) is 43.2 Å². The minimum atomic E-state index is -0.388. The molecule has 0 spiro atoms. The average molecular weight is 447 g/mol. The maximum Gasteiger partial charge on any atom is 0.337 e. The lowest BCUT2D eigenvalue weighted by atomic mass is 9.92. The highest BCUT2D eigenvalue weighted by atomic mass is 16.5. The molecule has 3 aromatic rings. The molecule has 7 heteroatoms. The van der Waals surface area contributed by atoms with Crippen LogP contribution in [0.15, 0.2) is 36.5 Å². The number of esters is 1. The molecule has 1 aliphatic rings. The fourth-order valence-corrected chi connectivity index (χ4v) is 4.90. The smallest absolute Gasteiger partial charge is 0.337 e. The third kappa shape index (κ3) is 4.53. The summed E-state index contributed by atoms with van der Waals surface area (Å²) in [6.45, 7) is 3.97. The molecular formula is C26H30N4O3. The summed E-state index contributed by atoms with van der Waals surface area (Å²) in [6, 6.07) is 12.1. The number of aromatic nitrogens is 1. The van der Waals surface area contributed by atoms with Crippen LogP contribution in [0.3, 0.4) is 0 Å². The molecule has 2 N–H and O–H groups in total. The third-order valence-corrected chi connectivity index (χ3v) is 6.50. The van der Waals surface area contributed by atoms with Gasteiger partial charge in [-0.05, 0) is 61.7 Å². The minimum absolute atomic E-state index is 0.159. The van der Waals surface area contributed by atoms with E-state index in [1.807, 2.05) is 18.3 Å². The first-order valence-corrected chi connectivity index (χ1v) is 11.3. The van der Waals surface area contributed by atoms with Crippen LogP contribution in [0.2, 0.25) is 0 Å². The van der Waals surface area contributed by atoms with Crippen LogP contribution in [0.1, 0.15) is 52.4 Å². The van der Waals surface area contributed by atoms with Crippen LogP contribution in [0.4, 0.5) is 5.69 Å². The van der Waals surface area contributed by atoms with Crippen LogP contribution in [0, 0.1) is 18.3 Å². The summed E-state index contributed by atoms with van der Waals surface area (Å²) in [5, 5.41) is 13.5. The second-order valence-corrected chi connectivity index (χ2v) is 8.43. The van der Waals surface area contributed by atoms with E-state index in [1.165, 1.54) is 18.1 Å². The summed E-state index contributed by atoms with van der Waals surface area (Å²) in [5.74, 6) is 0.508. The number of likely N-dealkylation sites (tertiary alicyclic amines) is 1. The van der Waals surface area contributed by atoms with Crippen molar-refractivity contribution in [2.75, 3.05) is 32.6 Å². The number of carbonyl (C=O) groups is 1. The number of H-pyrrole nitrogens is 1. The van der Waals surface area contributed by atoms with E-state index < -0.39 is 0 Å². The number of rotatable bonds is 7. The van der Waals surface area contributed by atoms with Gasteiger partial charge in [0.2, 0.25) is 0 Å². The lowest BCUT2D eigenvalue weighted by molar-refractivity contribution is 0.0600. The Morgan fingerprint density at radius 3 is 2.88 bits per heavy atom. The van der Waals surface area contributed by atoms with E-state index in [1.54, 1.807) is 13.2 Å². The van der Waals surface area contributed by atoms with Gasteiger partial charge in [0.1, 0.15) is 12.3 Å². The molecule has 0 radical (unpaired) electrons. The average Bonchev–Trinajstić information content (AvgIpc) is 3.35. The Hall–Kier alpha value is -3.50. The van der Waals surface area contributed by atoms with Crippen molar-refractivity contribution in [2.24, 2.45) is 0 Å². The van der Waals surface area contributed by atoms with E-state index in [0.29, 0.717) is 5.56 Å². The van der Waals surface area contributed by atoms with Gasteiger partial charge in [0.05, 0.1) is 25.9 Å². The number of hydrogen-bond donors (Lipinski definition) is 2. The molecule has 0 saturated carbocycles. The second-order valence-electron chi connectivity index (χ2n) is 8.43. The van der Waals surface area contributed by atoms with Crippen molar-refractivity contribution >= 4 is 22.6 Å². The number of methoxy groups -OCH3 is 2. The quantitative estimate of drug-likeness (QED) is 0.395. The first-order valence-electron chi connectivity index (χ1n) is 11.3. The van der Waals surface area contributed by atoms with E-state index in [0.717, 1.165) is 60.4 Å². The Kier molecular flexibility index (Phi) is 6.85. The Bertz CT molecular complexity index is 1190. The standard InChI is InChI=1S/C26H30N4O3/c1-17-14-24(32-2)21(19-9-11-29-25(17)19)16-30-13-5-4-6-23(30)20-8-7-18(26(31)33-3)15-22(20)28-12-10-27/h7-9,11,14-15,23,28-29H,4-6,12-13,16H2,1-3H3/t23-/m1/s1. The van der Waals surface area contributed by atoms with Gasteiger partial charge in [-0.3, -0.25) is 4.90 Å². The van der Waals surface area contributed by atoms with Crippen molar-refractivity contribution in [3.63, 3.8) is 0 Å². The molecule has 4 rings (SSSR count). The molecule has 0 aliphatic carbocycles. The number of aromatic amines is 1. The predicted octanol–water partition coefficient (Wildman–Crippen LogP) is 4.93. The van der Waals surface area contributed by atoms with Crippen molar-refractivity contribution in [3.05, 3.63) is 58.8 Å². The van der Waals surface area contributed by atoms with Gasteiger partial charge in [-0.1, -0.05) is 12.5 Å². The molecule has 2 aromatic carbocycles. The van der Waals surface area contributed by atoms with Gasteiger partial charge >= 0.3 is 5.97 Å². The molecule has 1 aromatic heterocycles. The van der Waals surface area contributed by atoms with Gasteiger partial charge in [0, 0.05) is 40.9 Å². The number of nitriles is 1. The summed E-state index contributed by atoms with van der Waals surface area (Å²) in [6.07, 6.45) is 5.23. The summed E-state index contributed by atoms with van der Waals surface area (Å²) >= 11 is 0. The van der Waals surface area contributed by atoms with Gasteiger partial charge in [0.25, 0.3) is 0 Å². The van der Waals surface area contributed by atoms with Gasteiger partial charge in [-0.25, -0.2) is 4.79 Å². The number of fused-ring (bicyclic) bond motifs is 1. The molecule has 1 atom stereocenters. The monoisotopic (exact) mass is 446 g/mol. The highest BCUT2D eigenvalue weighted by Crippen LogP contribution is 2.39. The third-order valence-electron chi connectivity index (χ3n) is 6.50. The van der Waals surface area contributed by atoms with E-state index >= 15 is 0 Å². The lowest BCUT2D eigenvalue weighted by Gasteiger charge is -2.37. The zero-order valence-corrected chi connectivity index (χ0v) is 19.4. The normalized spacial score (nSPS) is 16.4. The van der Waals surface area contributed by atoms with E-state index in [2.05, 4.69) is 40.3 Å². The highest BCUT2D eigenvalue weighted by Gasteiger charge is 2.28. The summed E-state index contributed by atoms with van der Waals surface area (Å²) < 4.78 is 10.7. The van der Waals surface area contributed by atoms with Gasteiger partial charge < -0.3 is 19.8 Å². The number of ether oxygens (including phenoxy) is 2. The fraction of sp³-hybridized carbons (Fsp3) is 0.385. The molecule has 33 heavy (non-hydrogen) atoms. The zero-order valence-electron chi connectivity index (χ0n) is 19.4. The van der Waals surface area contributed by atoms with Crippen molar-refractivity contribution in [1.29, 1.82) is 5.26 Å². The number of carbonyl (C=O) groups excluding carboxylic acids is 1. The number of benzene rings is 2. The van der Waals surface area contributed by atoms with Crippen molar-refractivity contribution in [1.82, 2.24) is 9.88 Å². The Morgan fingerprint density at radius 1 is 1.27 bits per heavy atom. The molecule has 0 bridgehead atoms. The number of hydrogen-bond acceptors (Lipinski definition) is 6. The largest absolute Gasteiger partial charge is 0.496 e. The van der Waals surface area contributed by atoms with Crippen LogP contribution < -0.4 is 10.1 Å². The highest BCUT2D eigenvalue weighted by molar-refractivity contribution is 5.91. The molecular weight excluding hydrogens is 416 g/mol. The maximum atomic E-state index is 12.1. The molecule has 0 unspecified atom stereocenters. The Labute approximate surface area is 194 Å². The van der Waals surface area contributed by atoms with Crippen molar-refractivity contribution < 1.29 is 14.3 Å². The van der Waals surface area contributed by atoms with Crippen molar-refractivity contribution in [3.8, 4) is 11.8 Å². The number of nitrogens with one attached hydrogen (secondary N) is 2. The van der Waals surface area contributed by atoms with Gasteiger partial charge in [-0.2, -0.15) is 5.26 Å². The maximum absolute atomic E-state index is 12.1. The SMILES string of the molecule is COC(=O)c1ccc([C@H]2CCCCN2Cc2c(OC)cc(C)c3[nH]ccc23)c(NCC#N)c1. The summed E-state index contributed by atoms with van der Waals surface area (Å²) in [5.41, 5.74) is 5.83. The first kappa shape index (κ1) is 22.7. The Morgan fingerprint density at radius 2 is 2.12 bits per heavy atom. The lowest BCUT2D eigenvalue weighted by Crippen LogP contribution is -2.33. The molecule has 7 nitrogen and oxygen atoms in total. The first-order chi connectivity index (χ1) is 16.1. The molecule has 0 amide bonds. The van der Waals surface area contributed by atoms with Crippen LogP contribution in [0.5, 0.6) is 5.75 Å². The summed E-state index contributed by atoms with van der Waals surface area (Å²) in [7, 11) is 3.10. The van der Waals surface area contributed by atoms with Crippen LogP contribution in [0.25, 0.3) is 10.9 Å². The predicted molar refractivity (Wildman–Crippen MR) is 128 cm³/mol. The fourth-order valence-electron chi connectivity index (χ4n) is 4.90.